The van der Waals surface area contributed by atoms with Crippen LogP contribution in [0.3, 0.4) is 0 Å². The van der Waals surface area contributed by atoms with Crippen molar-refractivity contribution in [1.82, 2.24) is 20.1 Å². The first-order valence-electron chi connectivity index (χ1n) is 7.20. The zero-order valence-electron chi connectivity index (χ0n) is 13.5. The van der Waals surface area contributed by atoms with E-state index in [1.165, 1.54) is 30.6 Å². The Hall–Kier alpha value is -2.91. The number of halogens is 3. The molecule has 1 unspecified atom stereocenters. The summed E-state index contributed by atoms with van der Waals surface area (Å²) >= 11 is 0. The van der Waals surface area contributed by atoms with Gasteiger partial charge in [0.2, 0.25) is 5.91 Å². The Morgan fingerprint density at radius 1 is 1.36 bits per heavy atom. The van der Waals surface area contributed by atoms with Gasteiger partial charge < -0.3 is 10.2 Å². The monoisotopic (exact) mass is 355 g/mol. The Labute approximate surface area is 141 Å². The molecule has 0 aliphatic heterocycles. The molecule has 1 N–H and O–H groups in total. The highest BCUT2D eigenvalue weighted by Gasteiger charge is 2.42. The van der Waals surface area contributed by atoms with Crippen molar-refractivity contribution in [2.75, 3.05) is 19.0 Å². The van der Waals surface area contributed by atoms with E-state index in [0.29, 0.717) is 5.69 Å². The lowest BCUT2D eigenvalue weighted by Gasteiger charge is -2.21. The van der Waals surface area contributed by atoms with Crippen LogP contribution in [0.25, 0.3) is 0 Å². The van der Waals surface area contributed by atoms with Crippen LogP contribution in [-0.2, 0) is 11.3 Å². The smallest absolute Gasteiger partial charge is 0.376 e. The fraction of sp³-hybridized carbons (Fsp3) is 0.333. The van der Waals surface area contributed by atoms with Crippen molar-refractivity contribution in [2.45, 2.75) is 18.8 Å². The molecule has 7 nitrogen and oxygen atoms in total. The second-order valence-corrected chi connectivity index (χ2v) is 5.40. The molecule has 0 bridgehead atoms. The molecule has 2 heterocycles. The van der Waals surface area contributed by atoms with Crippen LogP contribution in [0.1, 0.15) is 11.7 Å². The summed E-state index contributed by atoms with van der Waals surface area (Å²) in [7, 11) is 3.41. The van der Waals surface area contributed by atoms with Crippen LogP contribution in [0.15, 0.2) is 41.5 Å². The Morgan fingerprint density at radius 3 is 2.60 bits per heavy atom. The first kappa shape index (κ1) is 18.4. The van der Waals surface area contributed by atoms with E-state index in [2.05, 4.69) is 10.1 Å². The second kappa shape index (κ2) is 7.32. The van der Waals surface area contributed by atoms with Crippen LogP contribution in [-0.4, -0.2) is 40.9 Å². The summed E-state index contributed by atoms with van der Waals surface area (Å²) in [5.41, 5.74) is -0.419. The number of alkyl halides is 3. The molecule has 0 aromatic carbocycles. The minimum absolute atomic E-state index is 0.341. The number of amides is 1. The lowest BCUT2D eigenvalue weighted by molar-refractivity contribution is -0.164. The Kier molecular flexibility index (Phi) is 5.40. The largest absolute Gasteiger partial charge is 0.414 e. The molecule has 2 aromatic rings. The number of pyridine rings is 1. The number of nitrogens with zero attached hydrogens (tertiary/aromatic N) is 4. The summed E-state index contributed by atoms with van der Waals surface area (Å²) in [6.45, 7) is -0.633. The number of nitrogens with one attached hydrogen (secondary N) is 1. The minimum atomic E-state index is -4.73. The fourth-order valence-corrected chi connectivity index (χ4v) is 2.00. The molecule has 134 valence electrons. The molecular formula is C15H16F3N5O2. The number of anilines is 1. The van der Waals surface area contributed by atoms with Crippen molar-refractivity contribution in [3.8, 4) is 0 Å². The summed E-state index contributed by atoms with van der Waals surface area (Å²) in [4.78, 5) is 29.1. The average Bonchev–Trinajstić information content (AvgIpc) is 2.54. The van der Waals surface area contributed by atoms with Crippen LogP contribution in [0.2, 0.25) is 0 Å². The van der Waals surface area contributed by atoms with E-state index < -0.39 is 30.2 Å². The molecule has 10 heteroatoms. The van der Waals surface area contributed by atoms with Gasteiger partial charge in [0.05, 0.1) is 17.6 Å². The van der Waals surface area contributed by atoms with Gasteiger partial charge in [-0.25, -0.2) is 4.68 Å². The van der Waals surface area contributed by atoms with E-state index in [4.69, 9.17) is 0 Å². The van der Waals surface area contributed by atoms with Gasteiger partial charge in [-0.15, -0.1) is 0 Å². The van der Waals surface area contributed by atoms with E-state index in [1.807, 2.05) is 5.32 Å². The van der Waals surface area contributed by atoms with E-state index in [1.54, 1.807) is 19.0 Å². The predicted molar refractivity (Wildman–Crippen MR) is 84.0 cm³/mol. The summed E-state index contributed by atoms with van der Waals surface area (Å²) < 4.78 is 40.3. The summed E-state index contributed by atoms with van der Waals surface area (Å²) in [6.07, 6.45) is -2.18. The molecular weight excluding hydrogens is 339 g/mol. The van der Waals surface area contributed by atoms with E-state index in [-0.39, 0.29) is 5.69 Å². The zero-order chi connectivity index (χ0) is 18.6. The van der Waals surface area contributed by atoms with Crippen molar-refractivity contribution in [1.29, 1.82) is 0 Å². The summed E-state index contributed by atoms with van der Waals surface area (Å²) in [5, 5.41) is 5.64. The van der Waals surface area contributed by atoms with Crippen LogP contribution in [0, 0.1) is 0 Å². The van der Waals surface area contributed by atoms with Gasteiger partial charge in [0.25, 0.3) is 5.56 Å². The molecule has 0 saturated heterocycles. The summed E-state index contributed by atoms with van der Waals surface area (Å²) in [6, 6.07) is 2.99. The van der Waals surface area contributed by atoms with Gasteiger partial charge in [-0.1, -0.05) is 6.07 Å². The highest BCUT2D eigenvalue weighted by molar-refractivity contribution is 5.76. The van der Waals surface area contributed by atoms with Crippen LogP contribution < -0.4 is 15.8 Å². The molecule has 2 aromatic heterocycles. The Bertz CT molecular complexity index is 790. The van der Waals surface area contributed by atoms with Crippen LogP contribution in [0.5, 0.6) is 0 Å². The third-order valence-corrected chi connectivity index (χ3v) is 3.28. The first-order chi connectivity index (χ1) is 11.7. The van der Waals surface area contributed by atoms with Gasteiger partial charge >= 0.3 is 6.18 Å². The van der Waals surface area contributed by atoms with Gasteiger partial charge in [-0.3, -0.25) is 14.6 Å². The first-order valence-corrected chi connectivity index (χ1v) is 7.20. The molecule has 0 fully saturated rings. The van der Waals surface area contributed by atoms with Crippen molar-refractivity contribution < 1.29 is 18.0 Å². The number of carbonyl (C=O) groups excluding carboxylic acids is 1. The lowest BCUT2D eigenvalue weighted by atomic mass is 10.2. The molecule has 1 amide bonds. The number of rotatable bonds is 5. The lowest BCUT2D eigenvalue weighted by Crippen LogP contribution is -2.41. The Balaban J connectivity index is 2.16. The standard InChI is InChI=1S/C15H16F3N5O2/c1-22(2)10-7-13(25)23(20-8-10)9-12(24)21-14(15(16,17)18)11-5-3-4-6-19-11/h3-8,14H,9H2,1-2H3,(H,21,24). The van der Waals surface area contributed by atoms with Gasteiger partial charge in [0.15, 0.2) is 6.04 Å². The maximum Gasteiger partial charge on any atom is 0.414 e. The van der Waals surface area contributed by atoms with Crippen molar-refractivity contribution in [3.05, 3.63) is 52.7 Å². The van der Waals surface area contributed by atoms with E-state index >= 15 is 0 Å². The molecule has 0 aliphatic rings. The minimum Gasteiger partial charge on any atom is -0.376 e. The number of hydrogen-bond acceptors (Lipinski definition) is 5. The summed E-state index contributed by atoms with van der Waals surface area (Å²) in [5.74, 6) is -1.000. The van der Waals surface area contributed by atoms with Gasteiger partial charge in [0.1, 0.15) is 6.54 Å². The normalized spacial score (nSPS) is 12.5. The molecule has 0 saturated carbocycles. The average molecular weight is 355 g/mol. The van der Waals surface area contributed by atoms with Gasteiger partial charge in [-0.2, -0.15) is 18.3 Å². The van der Waals surface area contributed by atoms with E-state index in [0.717, 1.165) is 10.7 Å². The molecule has 0 spiro atoms. The second-order valence-electron chi connectivity index (χ2n) is 5.40. The quantitative estimate of drug-likeness (QED) is 0.870. The van der Waals surface area contributed by atoms with Crippen molar-refractivity contribution >= 4 is 11.6 Å². The maximum absolute atomic E-state index is 13.2. The topological polar surface area (TPSA) is 80.1 Å². The molecule has 0 radical (unpaired) electrons. The van der Waals surface area contributed by atoms with Crippen LogP contribution in [0.4, 0.5) is 18.9 Å². The highest BCUT2D eigenvalue weighted by Crippen LogP contribution is 2.31. The maximum atomic E-state index is 13.2. The molecule has 25 heavy (non-hydrogen) atoms. The third-order valence-electron chi connectivity index (χ3n) is 3.28. The van der Waals surface area contributed by atoms with Gasteiger partial charge in [0, 0.05) is 26.4 Å². The van der Waals surface area contributed by atoms with Crippen molar-refractivity contribution in [3.63, 3.8) is 0 Å². The van der Waals surface area contributed by atoms with Gasteiger partial charge in [-0.05, 0) is 12.1 Å². The molecule has 1 atom stereocenters. The Morgan fingerprint density at radius 2 is 2.08 bits per heavy atom. The highest BCUT2D eigenvalue weighted by atomic mass is 19.4. The SMILES string of the molecule is CN(C)c1cnn(CC(=O)NC(c2ccccn2)C(F)(F)F)c(=O)c1. The number of carbonyl (C=O) groups is 1. The predicted octanol–water partition coefficient (Wildman–Crippen LogP) is 1.12. The van der Waals surface area contributed by atoms with E-state index in [9.17, 15) is 22.8 Å². The van der Waals surface area contributed by atoms with Crippen molar-refractivity contribution in [2.24, 2.45) is 0 Å². The fourth-order valence-electron chi connectivity index (χ4n) is 2.00. The molecule has 2 rings (SSSR count). The number of hydrogen-bond donors (Lipinski definition) is 1. The third kappa shape index (κ3) is 4.78. The zero-order valence-corrected chi connectivity index (χ0v) is 13.5. The molecule has 0 aliphatic carbocycles. The van der Waals surface area contributed by atoms with Crippen LogP contribution >= 0.6 is 0 Å². The number of aromatic nitrogens is 3.